The van der Waals surface area contributed by atoms with Gasteiger partial charge in [0.25, 0.3) is 0 Å². The van der Waals surface area contributed by atoms with Gasteiger partial charge < -0.3 is 11.1 Å². The minimum absolute atomic E-state index is 0.683. The van der Waals surface area contributed by atoms with Gasteiger partial charge in [-0.05, 0) is 54.6 Å². The molecule has 3 N–H and O–H groups in total. The van der Waals surface area contributed by atoms with Gasteiger partial charge >= 0.3 is 0 Å². The first-order valence-corrected chi connectivity index (χ1v) is 7.03. The van der Waals surface area contributed by atoms with Crippen molar-refractivity contribution in [2.24, 2.45) is 0 Å². The molecule has 0 atom stereocenters. The standard InChI is InChI=1S/C12H14ClIN4/c1-3-18-12(11(15)7(2)17-18)16-10-5-4-8(13)6-9(10)14/h4-6,16H,3,15H2,1-2H3. The molecule has 0 unspecified atom stereocenters. The zero-order chi connectivity index (χ0) is 13.3. The molecular weight excluding hydrogens is 363 g/mol. The van der Waals surface area contributed by atoms with Crippen molar-refractivity contribution >= 4 is 51.4 Å². The summed E-state index contributed by atoms with van der Waals surface area (Å²) in [7, 11) is 0. The van der Waals surface area contributed by atoms with E-state index in [9.17, 15) is 0 Å². The van der Waals surface area contributed by atoms with Gasteiger partial charge in [-0.15, -0.1) is 0 Å². The normalized spacial score (nSPS) is 10.7. The van der Waals surface area contributed by atoms with Crippen LogP contribution < -0.4 is 11.1 Å². The lowest BCUT2D eigenvalue weighted by Gasteiger charge is -2.11. The molecular formula is C12H14ClIN4. The van der Waals surface area contributed by atoms with Crippen molar-refractivity contribution in [2.75, 3.05) is 11.1 Å². The van der Waals surface area contributed by atoms with Gasteiger partial charge in [0.2, 0.25) is 0 Å². The fraction of sp³-hybridized carbons (Fsp3) is 0.250. The average molecular weight is 377 g/mol. The molecule has 2 aromatic rings. The molecule has 0 aliphatic carbocycles. The Labute approximate surface area is 125 Å². The average Bonchev–Trinajstić information content (AvgIpc) is 2.60. The van der Waals surface area contributed by atoms with E-state index in [-0.39, 0.29) is 0 Å². The van der Waals surface area contributed by atoms with Crippen LogP contribution in [0.4, 0.5) is 17.2 Å². The monoisotopic (exact) mass is 376 g/mol. The molecule has 0 amide bonds. The molecule has 6 heteroatoms. The highest BCUT2D eigenvalue weighted by Crippen LogP contribution is 2.29. The third-order valence-electron chi connectivity index (χ3n) is 2.66. The van der Waals surface area contributed by atoms with Gasteiger partial charge in [0.15, 0.2) is 5.82 Å². The Hall–Kier alpha value is -0.950. The second-order valence-electron chi connectivity index (χ2n) is 3.91. The van der Waals surface area contributed by atoms with Crippen LogP contribution in [-0.2, 0) is 6.54 Å². The van der Waals surface area contributed by atoms with E-state index in [0.717, 1.165) is 32.3 Å². The summed E-state index contributed by atoms with van der Waals surface area (Å²) >= 11 is 8.18. The van der Waals surface area contributed by atoms with E-state index in [0.29, 0.717) is 5.69 Å². The van der Waals surface area contributed by atoms with Crippen LogP contribution in [0.25, 0.3) is 0 Å². The van der Waals surface area contributed by atoms with Crippen molar-refractivity contribution in [3.63, 3.8) is 0 Å². The Morgan fingerprint density at radius 3 is 2.83 bits per heavy atom. The number of halogens is 2. The molecule has 0 radical (unpaired) electrons. The highest BCUT2D eigenvalue weighted by molar-refractivity contribution is 14.1. The predicted octanol–water partition coefficient (Wildman–Crippen LogP) is 3.80. The Bertz CT molecular complexity index is 580. The number of hydrogen-bond acceptors (Lipinski definition) is 3. The molecule has 0 aliphatic rings. The first kappa shape index (κ1) is 13.5. The summed E-state index contributed by atoms with van der Waals surface area (Å²) in [6, 6.07) is 5.69. The van der Waals surface area contributed by atoms with Crippen LogP contribution in [0.5, 0.6) is 0 Å². The number of hydrogen-bond donors (Lipinski definition) is 2. The van der Waals surface area contributed by atoms with Crippen molar-refractivity contribution < 1.29 is 0 Å². The molecule has 0 bridgehead atoms. The molecule has 1 aromatic heterocycles. The number of nitrogens with zero attached hydrogens (tertiary/aromatic N) is 2. The minimum Gasteiger partial charge on any atom is -0.394 e. The molecule has 0 spiro atoms. The van der Waals surface area contributed by atoms with E-state index >= 15 is 0 Å². The second kappa shape index (κ2) is 5.36. The summed E-state index contributed by atoms with van der Waals surface area (Å²) in [6.07, 6.45) is 0. The largest absolute Gasteiger partial charge is 0.394 e. The number of nitrogens with one attached hydrogen (secondary N) is 1. The number of aromatic nitrogens is 2. The zero-order valence-electron chi connectivity index (χ0n) is 10.2. The molecule has 18 heavy (non-hydrogen) atoms. The number of benzene rings is 1. The number of nitrogen functional groups attached to an aromatic ring is 1. The van der Waals surface area contributed by atoms with Gasteiger partial charge in [0.1, 0.15) is 0 Å². The van der Waals surface area contributed by atoms with E-state index in [1.165, 1.54) is 0 Å². The van der Waals surface area contributed by atoms with Crippen molar-refractivity contribution in [3.8, 4) is 0 Å². The number of anilines is 3. The molecule has 2 rings (SSSR count). The van der Waals surface area contributed by atoms with Crippen molar-refractivity contribution in [3.05, 3.63) is 32.5 Å². The van der Waals surface area contributed by atoms with Gasteiger partial charge in [-0.1, -0.05) is 11.6 Å². The van der Waals surface area contributed by atoms with Gasteiger partial charge in [0, 0.05) is 15.1 Å². The first-order valence-electron chi connectivity index (χ1n) is 5.58. The smallest absolute Gasteiger partial charge is 0.152 e. The molecule has 0 saturated heterocycles. The quantitative estimate of drug-likeness (QED) is 0.801. The highest BCUT2D eigenvalue weighted by Gasteiger charge is 2.12. The van der Waals surface area contributed by atoms with Gasteiger partial charge in [-0.2, -0.15) is 5.10 Å². The minimum atomic E-state index is 0.683. The topological polar surface area (TPSA) is 55.9 Å². The first-order chi connectivity index (χ1) is 8.52. The molecule has 0 aliphatic heterocycles. The van der Waals surface area contributed by atoms with Crippen LogP contribution in [0, 0.1) is 10.5 Å². The summed E-state index contributed by atoms with van der Waals surface area (Å²) in [4.78, 5) is 0. The van der Waals surface area contributed by atoms with E-state index < -0.39 is 0 Å². The molecule has 0 saturated carbocycles. The van der Waals surface area contributed by atoms with Crippen LogP contribution in [0.1, 0.15) is 12.6 Å². The fourth-order valence-corrected chi connectivity index (χ4v) is 2.68. The molecule has 0 fully saturated rings. The highest BCUT2D eigenvalue weighted by atomic mass is 127. The van der Waals surface area contributed by atoms with Crippen molar-refractivity contribution in [2.45, 2.75) is 20.4 Å². The third kappa shape index (κ3) is 2.56. The van der Waals surface area contributed by atoms with Crippen molar-refractivity contribution in [1.29, 1.82) is 0 Å². The molecule has 96 valence electrons. The summed E-state index contributed by atoms with van der Waals surface area (Å²) in [5, 5.41) is 8.41. The maximum Gasteiger partial charge on any atom is 0.152 e. The van der Waals surface area contributed by atoms with Gasteiger partial charge in [-0.3, -0.25) is 0 Å². The zero-order valence-corrected chi connectivity index (χ0v) is 13.1. The molecule has 4 nitrogen and oxygen atoms in total. The molecule has 1 heterocycles. The number of nitrogens with two attached hydrogens (primary N) is 1. The lowest BCUT2D eigenvalue weighted by Crippen LogP contribution is -2.05. The van der Waals surface area contributed by atoms with Gasteiger partial charge in [0.05, 0.1) is 17.1 Å². The Morgan fingerprint density at radius 2 is 2.22 bits per heavy atom. The Balaban J connectivity index is 2.39. The fourth-order valence-electron chi connectivity index (χ4n) is 1.67. The SMILES string of the molecule is CCn1nc(C)c(N)c1Nc1ccc(Cl)cc1I. The maximum absolute atomic E-state index is 6.03. The third-order valence-corrected chi connectivity index (χ3v) is 3.79. The predicted molar refractivity (Wildman–Crippen MR) is 84.5 cm³/mol. The summed E-state index contributed by atoms with van der Waals surface area (Å²) in [5.41, 5.74) is 8.53. The van der Waals surface area contributed by atoms with E-state index in [1.807, 2.05) is 36.7 Å². The van der Waals surface area contributed by atoms with E-state index in [2.05, 4.69) is 33.0 Å². The summed E-state index contributed by atoms with van der Waals surface area (Å²) in [6.45, 7) is 4.70. The lowest BCUT2D eigenvalue weighted by molar-refractivity contribution is 0.661. The molecule has 1 aromatic carbocycles. The van der Waals surface area contributed by atoms with Crippen LogP contribution in [0.2, 0.25) is 5.02 Å². The van der Waals surface area contributed by atoms with E-state index in [1.54, 1.807) is 0 Å². The van der Waals surface area contributed by atoms with Crippen LogP contribution in [-0.4, -0.2) is 9.78 Å². The van der Waals surface area contributed by atoms with E-state index in [4.69, 9.17) is 17.3 Å². The summed E-state index contributed by atoms with van der Waals surface area (Å²) in [5.74, 6) is 0.829. The Morgan fingerprint density at radius 1 is 1.50 bits per heavy atom. The Kier molecular flexibility index (Phi) is 4.01. The van der Waals surface area contributed by atoms with Gasteiger partial charge in [-0.25, -0.2) is 4.68 Å². The lowest BCUT2D eigenvalue weighted by atomic mass is 10.3. The van der Waals surface area contributed by atoms with Crippen LogP contribution in [0.3, 0.4) is 0 Å². The second-order valence-corrected chi connectivity index (χ2v) is 5.51. The number of aryl methyl sites for hydroxylation is 2. The van der Waals surface area contributed by atoms with Crippen LogP contribution >= 0.6 is 34.2 Å². The van der Waals surface area contributed by atoms with Crippen LogP contribution in [0.15, 0.2) is 18.2 Å². The summed E-state index contributed by atoms with van der Waals surface area (Å²) < 4.78 is 2.90. The maximum atomic E-state index is 6.03. The number of rotatable bonds is 3. The van der Waals surface area contributed by atoms with Crippen molar-refractivity contribution in [1.82, 2.24) is 9.78 Å².